The van der Waals surface area contributed by atoms with Crippen LogP contribution in [0.5, 0.6) is 0 Å². The summed E-state index contributed by atoms with van der Waals surface area (Å²) in [5.41, 5.74) is 10.8. The number of rotatable bonds is 12. The van der Waals surface area contributed by atoms with Crippen LogP contribution in [0.15, 0.2) is 0 Å². The normalized spacial score (nSPS) is 13.9. The minimum Gasteiger partial charge on any atom is -0.355 e. The molecule has 2 amide bonds. The maximum Gasteiger partial charge on any atom is 0.249 e. The molecule has 0 aromatic carbocycles. The highest BCUT2D eigenvalue weighted by Gasteiger charge is 2.28. The van der Waals surface area contributed by atoms with Crippen LogP contribution in [-0.2, 0) is 14.3 Å². The Hall–Kier alpha value is -1.18. The molecule has 7 nitrogen and oxygen atoms in total. The molecule has 0 rings (SSSR count). The van der Waals surface area contributed by atoms with Crippen LogP contribution < -0.4 is 22.1 Å². The van der Waals surface area contributed by atoms with E-state index < -0.39 is 12.2 Å². The van der Waals surface area contributed by atoms with E-state index in [-0.39, 0.29) is 23.7 Å². The number of ether oxygens (including phenoxy) is 1. The Bertz CT molecular complexity index is 316. The van der Waals surface area contributed by atoms with Crippen LogP contribution in [-0.4, -0.2) is 50.2 Å². The number of carbonyl (C=O) groups excluding carboxylic acids is 2. The molecule has 0 aromatic heterocycles. The first-order chi connectivity index (χ1) is 10.8. The summed E-state index contributed by atoms with van der Waals surface area (Å²) in [5, 5.41) is 5.48. The topological polar surface area (TPSA) is 119 Å². The van der Waals surface area contributed by atoms with Crippen LogP contribution in [0.25, 0.3) is 0 Å². The monoisotopic (exact) mass is 330 g/mol. The third-order valence-electron chi connectivity index (χ3n) is 3.17. The van der Waals surface area contributed by atoms with E-state index in [1.165, 1.54) is 0 Å². The average Bonchev–Trinajstić information content (AvgIpc) is 2.47. The van der Waals surface area contributed by atoms with E-state index in [1.54, 1.807) is 0 Å². The third-order valence-corrected chi connectivity index (χ3v) is 3.17. The third kappa shape index (κ3) is 10.3. The van der Waals surface area contributed by atoms with E-state index in [1.807, 2.05) is 27.7 Å². The molecular weight excluding hydrogens is 296 g/mol. The Kier molecular flexibility index (Phi) is 11.6. The molecule has 0 unspecified atom stereocenters. The van der Waals surface area contributed by atoms with Gasteiger partial charge in [0.2, 0.25) is 11.8 Å². The molecule has 6 N–H and O–H groups in total. The molecule has 0 aliphatic heterocycles. The van der Waals surface area contributed by atoms with Gasteiger partial charge in [-0.15, -0.1) is 0 Å². The quantitative estimate of drug-likeness (QED) is 0.401. The van der Waals surface area contributed by atoms with E-state index in [0.29, 0.717) is 39.0 Å². The van der Waals surface area contributed by atoms with Crippen LogP contribution in [0.4, 0.5) is 0 Å². The van der Waals surface area contributed by atoms with Gasteiger partial charge in [0.05, 0.1) is 0 Å². The fourth-order valence-electron chi connectivity index (χ4n) is 2.12. The number of amides is 2. The molecule has 0 aliphatic rings. The zero-order valence-corrected chi connectivity index (χ0v) is 14.9. The zero-order chi connectivity index (χ0) is 17.8. The van der Waals surface area contributed by atoms with Gasteiger partial charge in [-0.25, -0.2) is 0 Å². The lowest BCUT2D eigenvalue weighted by Crippen LogP contribution is -2.46. The van der Waals surface area contributed by atoms with Crippen LogP contribution in [0.1, 0.15) is 40.5 Å². The maximum atomic E-state index is 12.3. The van der Waals surface area contributed by atoms with Gasteiger partial charge >= 0.3 is 0 Å². The predicted octanol–water partition coefficient (Wildman–Crippen LogP) is -0.0178. The van der Waals surface area contributed by atoms with Gasteiger partial charge in [0.25, 0.3) is 0 Å². The van der Waals surface area contributed by atoms with Crippen molar-refractivity contribution in [2.45, 2.75) is 52.7 Å². The second-order valence-electron chi connectivity index (χ2n) is 6.53. The number of nitrogens with two attached hydrogens (primary N) is 2. The van der Waals surface area contributed by atoms with Gasteiger partial charge in [-0.2, -0.15) is 0 Å². The molecule has 0 fully saturated rings. The van der Waals surface area contributed by atoms with Gasteiger partial charge in [-0.05, 0) is 24.7 Å². The molecule has 0 aromatic rings. The Morgan fingerprint density at radius 3 is 1.43 bits per heavy atom. The first-order valence-corrected chi connectivity index (χ1v) is 8.42. The number of carbonyl (C=O) groups is 2. The van der Waals surface area contributed by atoms with E-state index >= 15 is 0 Å². The lowest BCUT2D eigenvalue weighted by atomic mass is 10.0. The van der Waals surface area contributed by atoms with Gasteiger partial charge < -0.3 is 26.8 Å². The molecule has 0 saturated heterocycles. The number of hydrogen-bond donors (Lipinski definition) is 4. The maximum absolute atomic E-state index is 12.3. The first kappa shape index (κ1) is 21.8. The SMILES string of the molecule is CC(C)C[C@H](O[C@@H](CC(C)C)C(=O)NCCN)C(=O)NCCN. The van der Waals surface area contributed by atoms with E-state index in [4.69, 9.17) is 16.2 Å². The van der Waals surface area contributed by atoms with Crippen molar-refractivity contribution in [2.75, 3.05) is 26.2 Å². The zero-order valence-electron chi connectivity index (χ0n) is 14.9. The molecule has 2 atom stereocenters. The molecule has 136 valence electrons. The van der Waals surface area contributed by atoms with Gasteiger partial charge in [0.1, 0.15) is 12.2 Å². The summed E-state index contributed by atoms with van der Waals surface area (Å²) in [7, 11) is 0. The van der Waals surface area contributed by atoms with Gasteiger partial charge in [-0.3, -0.25) is 9.59 Å². The van der Waals surface area contributed by atoms with Gasteiger partial charge in [0.15, 0.2) is 0 Å². The van der Waals surface area contributed by atoms with Crippen LogP contribution in [0.2, 0.25) is 0 Å². The standard InChI is InChI=1S/C16H34N4O3/c1-11(2)9-13(15(21)19-7-5-17)23-14(10-12(3)4)16(22)20-8-6-18/h11-14H,5-10,17-18H2,1-4H3,(H,19,21)(H,20,22)/t13-,14-/m0/s1. The van der Waals surface area contributed by atoms with Crippen molar-refractivity contribution in [3.8, 4) is 0 Å². The number of nitrogens with one attached hydrogen (secondary N) is 2. The minimum absolute atomic E-state index is 0.218. The van der Waals surface area contributed by atoms with Crippen molar-refractivity contribution in [1.82, 2.24) is 10.6 Å². The first-order valence-electron chi connectivity index (χ1n) is 8.42. The minimum atomic E-state index is -0.658. The van der Waals surface area contributed by atoms with Gasteiger partial charge in [-0.1, -0.05) is 27.7 Å². The molecule has 0 heterocycles. The molecule has 0 aliphatic carbocycles. The van der Waals surface area contributed by atoms with Gasteiger partial charge in [0, 0.05) is 26.2 Å². The average molecular weight is 330 g/mol. The fraction of sp³-hybridized carbons (Fsp3) is 0.875. The van der Waals surface area contributed by atoms with Crippen LogP contribution in [0.3, 0.4) is 0 Å². The molecule has 0 saturated carbocycles. The molecule has 23 heavy (non-hydrogen) atoms. The van der Waals surface area contributed by atoms with Crippen molar-refractivity contribution in [1.29, 1.82) is 0 Å². The predicted molar refractivity (Wildman–Crippen MR) is 91.7 cm³/mol. The van der Waals surface area contributed by atoms with Crippen molar-refractivity contribution in [3.05, 3.63) is 0 Å². The highest BCUT2D eigenvalue weighted by atomic mass is 16.5. The van der Waals surface area contributed by atoms with Crippen molar-refractivity contribution in [3.63, 3.8) is 0 Å². The fourth-order valence-corrected chi connectivity index (χ4v) is 2.12. The van der Waals surface area contributed by atoms with Crippen molar-refractivity contribution < 1.29 is 14.3 Å². The summed E-state index contributed by atoms with van der Waals surface area (Å²) in [5.74, 6) is 0.111. The van der Waals surface area contributed by atoms with E-state index in [9.17, 15) is 9.59 Å². The summed E-state index contributed by atoms with van der Waals surface area (Å²) >= 11 is 0. The molecule has 7 heteroatoms. The van der Waals surface area contributed by atoms with E-state index in [0.717, 1.165) is 0 Å². The molecule has 0 radical (unpaired) electrons. The Morgan fingerprint density at radius 1 is 0.826 bits per heavy atom. The van der Waals surface area contributed by atoms with E-state index in [2.05, 4.69) is 10.6 Å². The second kappa shape index (κ2) is 12.3. The molecule has 0 bridgehead atoms. The van der Waals surface area contributed by atoms with Crippen molar-refractivity contribution in [2.24, 2.45) is 23.3 Å². The largest absolute Gasteiger partial charge is 0.355 e. The lowest BCUT2D eigenvalue weighted by Gasteiger charge is -2.26. The number of hydrogen-bond acceptors (Lipinski definition) is 5. The summed E-state index contributed by atoms with van der Waals surface area (Å²) in [6.45, 7) is 9.57. The summed E-state index contributed by atoms with van der Waals surface area (Å²) in [6.07, 6.45) is -0.215. The summed E-state index contributed by atoms with van der Waals surface area (Å²) in [6, 6.07) is 0. The summed E-state index contributed by atoms with van der Waals surface area (Å²) < 4.78 is 5.88. The Balaban J connectivity index is 4.93. The second-order valence-corrected chi connectivity index (χ2v) is 6.53. The smallest absolute Gasteiger partial charge is 0.249 e. The Morgan fingerprint density at radius 2 is 1.17 bits per heavy atom. The Labute approximate surface area is 139 Å². The molecular formula is C16H34N4O3. The van der Waals surface area contributed by atoms with Crippen LogP contribution >= 0.6 is 0 Å². The highest BCUT2D eigenvalue weighted by molar-refractivity contribution is 5.83. The van der Waals surface area contributed by atoms with Crippen LogP contribution in [0, 0.1) is 11.8 Å². The lowest BCUT2D eigenvalue weighted by molar-refractivity contribution is -0.148. The summed E-state index contributed by atoms with van der Waals surface area (Å²) in [4.78, 5) is 24.5. The van der Waals surface area contributed by atoms with Crippen molar-refractivity contribution >= 4 is 11.8 Å². The molecule has 0 spiro atoms. The highest BCUT2D eigenvalue weighted by Crippen LogP contribution is 2.16.